The second-order valence-corrected chi connectivity index (χ2v) is 13.6. The summed E-state index contributed by atoms with van der Waals surface area (Å²) in [5, 5.41) is 0. The van der Waals surface area contributed by atoms with Crippen LogP contribution in [0.4, 0.5) is 0 Å². The lowest BCUT2D eigenvalue weighted by Crippen LogP contribution is -2.13. The minimum absolute atomic E-state index is 0.0282. The van der Waals surface area contributed by atoms with E-state index in [1.54, 1.807) is 13.8 Å². The van der Waals surface area contributed by atoms with Crippen LogP contribution in [-0.4, -0.2) is 11.6 Å². The molecule has 0 bridgehead atoms. The van der Waals surface area contributed by atoms with Gasteiger partial charge in [0.1, 0.15) is 0 Å². The molecule has 0 aliphatic heterocycles. The van der Waals surface area contributed by atoms with Gasteiger partial charge in [0.25, 0.3) is 0 Å². The van der Waals surface area contributed by atoms with Gasteiger partial charge in [-0.25, -0.2) is 0 Å². The van der Waals surface area contributed by atoms with Crippen molar-refractivity contribution in [2.75, 3.05) is 0 Å². The topological polar surface area (TPSA) is 34.1 Å². The zero-order chi connectivity index (χ0) is 27.2. The van der Waals surface area contributed by atoms with Crippen LogP contribution in [0.5, 0.6) is 0 Å². The Morgan fingerprint density at radius 1 is 0.545 bits per heavy atom. The van der Waals surface area contributed by atoms with Crippen LogP contribution in [0.3, 0.4) is 0 Å². The van der Waals surface area contributed by atoms with E-state index >= 15 is 0 Å². The molecular weight excluding hydrogens is 404 g/mol. The van der Waals surface area contributed by atoms with Crippen LogP contribution < -0.4 is 0 Å². The highest BCUT2D eigenvalue weighted by molar-refractivity contribution is 5.98. The lowest BCUT2D eigenvalue weighted by atomic mass is 9.80. The number of hydrogen-bond acceptors (Lipinski definition) is 2. The first-order chi connectivity index (χ1) is 14.3. The maximum absolute atomic E-state index is 11.8. The number of Topliss-reactive ketones (excluding diaryl/α,β-unsaturated/α-hetero) is 2. The van der Waals surface area contributed by atoms with Gasteiger partial charge in [-0.15, -0.1) is 0 Å². The summed E-state index contributed by atoms with van der Waals surface area (Å²) in [4.78, 5) is 23.4. The van der Waals surface area contributed by atoms with E-state index in [-0.39, 0.29) is 33.2 Å². The predicted molar refractivity (Wildman–Crippen MR) is 147 cm³/mol. The maximum atomic E-state index is 11.8. The van der Waals surface area contributed by atoms with Gasteiger partial charge in [0.2, 0.25) is 0 Å². The first kappa shape index (κ1) is 33.5. The molecule has 2 nitrogen and oxygen atoms in total. The highest BCUT2D eigenvalue weighted by Crippen LogP contribution is 2.32. The quantitative estimate of drug-likeness (QED) is 0.310. The highest BCUT2D eigenvalue weighted by Gasteiger charge is 2.20. The molecule has 0 saturated heterocycles. The third-order valence-corrected chi connectivity index (χ3v) is 5.60. The first-order valence-electron chi connectivity index (χ1n) is 12.1. The van der Waals surface area contributed by atoms with E-state index in [1.807, 2.05) is 12.2 Å². The molecule has 0 aliphatic carbocycles. The third-order valence-electron chi connectivity index (χ3n) is 5.60. The molecule has 0 atom stereocenters. The minimum Gasteiger partial charge on any atom is -0.295 e. The lowest BCUT2D eigenvalue weighted by Gasteiger charge is -2.24. The average molecular weight is 459 g/mol. The summed E-state index contributed by atoms with van der Waals surface area (Å²) < 4.78 is 0. The molecule has 2 heteroatoms. The van der Waals surface area contributed by atoms with Crippen molar-refractivity contribution in [1.82, 2.24) is 0 Å². The van der Waals surface area contributed by atoms with E-state index in [1.165, 1.54) is 11.1 Å². The van der Waals surface area contributed by atoms with Crippen molar-refractivity contribution < 1.29 is 9.59 Å². The first-order valence-corrected chi connectivity index (χ1v) is 12.1. The normalized spacial score (nSPS) is 15.5. The predicted octanol–water partition coefficient (Wildman–Crippen LogP) is 9.47. The van der Waals surface area contributed by atoms with E-state index in [0.717, 1.165) is 16.7 Å². The molecule has 0 unspecified atom stereocenters. The van der Waals surface area contributed by atoms with E-state index in [9.17, 15) is 9.59 Å². The molecule has 0 aliphatic rings. The largest absolute Gasteiger partial charge is 0.295 e. The third kappa shape index (κ3) is 14.9. The Morgan fingerprint density at radius 2 is 0.939 bits per heavy atom. The van der Waals surface area contributed by atoms with Gasteiger partial charge in [-0.05, 0) is 61.9 Å². The van der Waals surface area contributed by atoms with Crippen LogP contribution in [0.2, 0.25) is 0 Å². The summed E-state index contributed by atoms with van der Waals surface area (Å²) in [6.45, 7) is 35.2. The zero-order valence-corrected chi connectivity index (χ0v) is 25.0. The van der Waals surface area contributed by atoms with Crippen LogP contribution in [0, 0.1) is 21.7 Å². The summed E-state index contributed by atoms with van der Waals surface area (Å²) in [5.41, 5.74) is 5.62. The van der Waals surface area contributed by atoms with Crippen LogP contribution >= 0.6 is 0 Å². The fourth-order valence-corrected chi connectivity index (χ4v) is 2.83. The fraction of sp³-hybridized carbons (Fsp3) is 0.677. The van der Waals surface area contributed by atoms with Gasteiger partial charge < -0.3 is 0 Å². The van der Waals surface area contributed by atoms with E-state index in [0.29, 0.717) is 0 Å². The van der Waals surface area contributed by atoms with Crippen molar-refractivity contribution in [3.8, 4) is 0 Å². The second kappa shape index (κ2) is 12.1. The van der Waals surface area contributed by atoms with Crippen molar-refractivity contribution in [2.24, 2.45) is 21.7 Å². The number of carbonyl (C=O) groups is 2. The smallest absolute Gasteiger partial charge is 0.159 e. The molecule has 0 heterocycles. The van der Waals surface area contributed by atoms with E-state index in [2.05, 4.69) is 110 Å². The molecule has 33 heavy (non-hydrogen) atoms. The molecule has 190 valence electrons. The van der Waals surface area contributed by atoms with Crippen molar-refractivity contribution in [3.63, 3.8) is 0 Å². The Morgan fingerprint density at radius 3 is 1.18 bits per heavy atom. The molecule has 0 fully saturated rings. The maximum Gasteiger partial charge on any atom is 0.159 e. The Bertz CT molecular complexity index is 812. The lowest BCUT2D eigenvalue weighted by molar-refractivity contribution is -0.114. The molecule has 0 N–H and O–H groups in total. The number of allylic oxidation sites excluding steroid dienone is 8. The molecule has 0 saturated carbocycles. The van der Waals surface area contributed by atoms with Gasteiger partial charge in [-0.3, -0.25) is 9.59 Å². The monoisotopic (exact) mass is 458 g/mol. The van der Waals surface area contributed by atoms with Gasteiger partial charge in [0.15, 0.2) is 11.6 Å². The van der Waals surface area contributed by atoms with E-state index in [4.69, 9.17) is 0 Å². The van der Waals surface area contributed by atoms with Crippen molar-refractivity contribution >= 4 is 11.6 Å². The van der Waals surface area contributed by atoms with Crippen LogP contribution in [0.25, 0.3) is 0 Å². The SMILES string of the molecule is CC(=O)C(/C=C(/C)C(C)(C)C)=C/C(C)(C)C.CC(=O)C(=C/C(C)(C)C)/C(C)=C(/C)C(C)(C)C. The molecule has 0 spiro atoms. The van der Waals surface area contributed by atoms with Crippen LogP contribution in [-0.2, 0) is 9.59 Å². The zero-order valence-electron chi connectivity index (χ0n) is 25.0. The van der Waals surface area contributed by atoms with Gasteiger partial charge >= 0.3 is 0 Å². The Kier molecular flexibility index (Phi) is 12.3. The fourth-order valence-electron chi connectivity index (χ4n) is 2.83. The molecule has 0 aromatic rings. The molecule has 0 aromatic heterocycles. The minimum atomic E-state index is 0.0282. The summed E-state index contributed by atoms with van der Waals surface area (Å²) in [7, 11) is 0. The van der Waals surface area contributed by atoms with Gasteiger partial charge in [-0.2, -0.15) is 0 Å². The van der Waals surface area contributed by atoms with Crippen LogP contribution in [0.15, 0.2) is 46.1 Å². The second-order valence-electron chi connectivity index (χ2n) is 13.6. The molecular formula is C31H54O2. The number of ketones is 2. The number of hydrogen-bond donors (Lipinski definition) is 0. The summed E-state index contributed by atoms with van der Waals surface area (Å²) >= 11 is 0. The van der Waals surface area contributed by atoms with Crippen molar-refractivity contribution in [2.45, 2.75) is 118 Å². The van der Waals surface area contributed by atoms with Gasteiger partial charge in [-0.1, -0.05) is 112 Å². The van der Waals surface area contributed by atoms with Gasteiger partial charge in [0.05, 0.1) is 0 Å². The summed E-state index contributed by atoms with van der Waals surface area (Å²) in [5.74, 6) is 0.291. The summed E-state index contributed by atoms with van der Waals surface area (Å²) in [6, 6.07) is 0. The Labute approximate surface area is 206 Å². The summed E-state index contributed by atoms with van der Waals surface area (Å²) in [6.07, 6.45) is 6.15. The van der Waals surface area contributed by atoms with Gasteiger partial charge in [0, 0.05) is 11.1 Å². The standard InChI is InChI=1S/C16H28O.C15H26O/c1-11(12(2)16(7,8)9)14(13(3)17)10-15(4,5)6;1-11(15(6,7)8)9-13(12(2)16)10-14(3,4)5/h10H,1-9H3;9-10H,1-8H3/b12-11-,14-10+;11-9-,13-10+. The highest BCUT2D eigenvalue weighted by atomic mass is 16.1. The van der Waals surface area contributed by atoms with E-state index < -0.39 is 0 Å². The van der Waals surface area contributed by atoms with Crippen molar-refractivity contribution in [3.05, 3.63) is 46.1 Å². The average Bonchev–Trinajstić information content (AvgIpc) is 2.54. The Hall–Kier alpha value is -1.70. The van der Waals surface area contributed by atoms with Crippen LogP contribution in [0.1, 0.15) is 118 Å². The molecule has 0 amide bonds. The number of rotatable bonds is 4. The molecule has 0 rings (SSSR count). The molecule has 0 radical (unpaired) electrons. The Balaban J connectivity index is 0. The number of carbonyl (C=O) groups excluding carboxylic acids is 2. The molecule has 0 aromatic carbocycles. The van der Waals surface area contributed by atoms with Crippen molar-refractivity contribution in [1.29, 1.82) is 0 Å².